The summed E-state index contributed by atoms with van der Waals surface area (Å²) in [7, 11) is 7.07. The molecule has 29 heteroatoms. The summed E-state index contributed by atoms with van der Waals surface area (Å²) in [5.74, 6) is 1.69. The van der Waals surface area contributed by atoms with E-state index in [1.807, 2.05) is 47.9 Å². The number of carbonyl (C=O) groups is 6. The Morgan fingerprint density at radius 3 is 1.38 bits per heavy atom. The number of likely N-dealkylation sites (tertiary alicyclic amines) is 2. The number of hydrogen-bond donors (Lipinski definition) is 5. The normalized spacial score (nSPS) is 25.8. The van der Waals surface area contributed by atoms with Gasteiger partial charge in [0, 0.05) is 109 Å². The van der Waals surface area contributed by atoms with Gasteiger partial charge >= 0.3 is 30.1 Å². The van der Waals surface area contributed by atoms with E-state index in [4.69, 9.17) is 58.2 Å². The number of carboxylic acids is 1. The number of carboxylic acid groups (broad SMARTS) is 1. The number of nitrogens with zero attached hydrogens (tertiary/aromatic N) is 8. The molecule has 14 rings (SSSR count). The van der Waals surface area contributed by atoms with Gasteiger partial charge < -0.3 is 73.7 Å². The Hall–Kier alpha value is -9.52. The van der Waals surface area contributed by atoms with E-state index in [1.54, 1.807) is 48.7 Å². The molecular weight excluding hydrogens is 1360 g/mol. The number of carbonyl (C=O) groups excluding carboxylic acids is 5. The molecule has 0 aliphatic carbocycles. The Morgan fingerprint density at radius 2 is 0.990 bits per heavy atom. The van der Waals surface area contributed by atoms with Crippen molar-refractivity contribution in [1.29, 1.82) is 10.5 Å². The monoisotopic (exact) mass is 1450 g/mol. The summed E-state index contributed by atoms with van der Waals surface area (Å²) < 4.78 is 57.5. The van der Waals surface area contributed by atoms with Crippen LogP contribution in [-0.4, -0.2) is 208 Å². The molecule has 0 radical (unpaired) electrons. The minimum Gasteiger partial charge on any atom is -0.504 e. The highest BCUT2D eigenvalue weighted by Crippen LogP contribution is 2.61. The van der Waals surface area contributed by atoms with Crippen LogP contribution in [0.5, 0.6) is 57.5 Å². The fraction of sp³-hybridized carbons (Fsp3) is 0.579. The van der Waals surface area contributed by atoms with Crippen molar-refractivity contribution in [3.8, 4) is 69.6 Å². The summed E-state index contributed by atoms with van der Waals surface area (Å²) in [4.78, 5) is 85.8. The van der Waals surface area contributed by atoms with Gasteiger partial charge in [0.05, 0.1) is 50.5 Å². The molecule has 2 unspecified atom stereocenters. The molecule has 3 amide bonds. The molecule has 4 aromatic carbocycles. The molecule has 564 valence electrons. The standard InChI is InChI=1S/C38H47N5O9.C28H32N4O6.C10H17NO4/c1-18-12-21-13-24-26(15-39)43-25(30(41(24)7)28(21)31(45)32(18)48-8)14-22-29(35-34(49-17-50-35)19(2)33(22)51-20(3)44)27(43)16-40-36(46)23-10-9-11-42(23)37(47)52-38(4,5)6;1-12-6-15-7-17-19(9-29)32-18(23(31(17)4)21(15)24(34)25(12)35-5)8-16-22(20(32)10-30)28-27(36-11-37-28)13(2)26(16)38-14(3)33;1-10(2,3)15-9(14)11-6-4-5-7(11)8(12)13/h12,23-27,30,45H,9-11,13-14,16-17H2,1-8H3,(H,40,46);6,17-20,23,34H,7-8,10-11,30H2,1-5H3;7H,4-6H2,1-3H3,(H,12,13)/t23-,24-,25?,26-,27-,30-;17-,18?,19-,20-,23-;7-/m000/s1. The van der Waals surface area contributed by atoms with E-state index in [9.17, 15) is 49.5 Å². The predicted octanol–water partition coefficient (Wildman–Crippen LogP) is 7.83. The number of amides is 3. The number of nitriles is 2. The van der Waals surface area contributed by atoms with Crippen LogP contribution in [0, 0.1) is 50.4 Å². The summed E-state index contributed by atoms with van der Waals surface area (Å²) in [5.41, 5.74) is 14.6. The molecule has 12 atom stereocenters. The number of phenols is 2. The average molecular weight is 1450 g/mol. The zero-order valence-electron chi connectivity index (χ0n) is 62.5. The average Bonchev–Trinajstić information content (AvgIpc) is 1.36. The first-order valence-corrected chi connectivity index (χ1v) is 35.7. The molecule has 10 heterocycles. The van der Waals surface area contributed by atoms with Gasteiger partial charge in [-0.2, -0.15) is 10.5 Å². The molecule has 4 fully saturated rings. The Labute approximate surface area is 610 Å². The van der Waals surface area contributed by atoms with Gasteiger partial charge in [-0.1, -0.05) is 12.1 Å². The van der Waals surface area contributed by atoms with Gasteiger partial charge in [0.2, 0.25) is 19.5 Å². The lowest BCUT2D eigenvalue weighted by molar-refractivity contribution is -0.142. The minimum atomic E-state index is -0.960. The fourth-order valence-electron chi connectivity index (χ4n) is 18.1. The molecule has 4 bridgehead atoms. The molecule has 10 aliphatic rings. The summed E-state index contributed by atoms with van der Waals surface area (Å²) in [6.07, 6.45) is 3.19. The number of likely N-dealkylation sites (N-methyl/N-ethyl adjacent to an activating group) is 2. The van der Waals surface area contributed by atoms with Crippen molar-refractivity contribution in [2.24, 2.45) is 5.73 Å². The van der Waals surface area contributed by atoms with Crippen LogP contribution in [0.4, 0.5) is 9.59 Å². The second kappa shape index (κ2) is 28.7. The summed E-state index contributed by atoms with van der Waals surface area (Å²) in [6, 6.07) is 4.03. The number of aromatic hydroxyl groups is 2. The zero-order valence-corrected chi connectivity index (χ0v) is 62.5. The highest BCUT2D eigenvalue weighted by molar-refractivity contribution is 5.87. The number of piperazine rings is 2. The van der Waals surface area contributed by atoms with E-state index in [0.717, 1.165) is 50.9 Å². The van der Waals surface area contributed by atoms with Gasteiger partial charge in [-0.15, -0.1) is 0 Å². The zero-order chi connectivity index (χ0) is 76.1. The fourth-order valence-corrected chi connectivity index (χ4v) is 18.1. The Kier molecular flexibility index (Phi) is 20.6. The molecule has 0 saturated carbocycles. The van der Waals surface area contributed by atoms with Gasteiger partial charge in [0.25, 0.3) is 0 Å². The molecule has 6 N–H and O–H groups in total. The van der Waals surface area contributed by atoms with Crippen molar-refractivity contribution < 1.29 is 91.5 Å². The van der Waals surface area contributed by atoms with Gasteiger partial charge in [-0.3, -0.25) is 43.8 Å². The lowest BCUT2D eigenvalue weighted by Gasteiger charge is -2.60. The van der Waals surface area contributed by atoms with Crippen molar-refractivity contribution >= 4 is 36.0 Å². The van der Waals surface area contributed by atoms with Gasteiger partial charge in [-0.05, 0) is 157 Å². The lowest BCUT2D eigenvalue weighted by Crippen LogP contribution is -2.69. The van der Waals surface area contributed by atoms with Crippen LogP contribution in [0.3, 0.4) is 0 Å². The number of phenolic OH excluding ortho intramolecular Hbond substituents is 2. The van der Waals surface area contributed by atoms with E-state index in [1.165, 1.54) is 30.8 Å². The van der Waals surface area contributed by atoms with Crippen molar-refractivity contribution in [3.05, 3.63) is 78.9 Å². The van der Waals surface area contributed by atoms with Crippen LogP contribution in [0.2, 0.25) is 0 Å². The van der Waals surface area contributed by atoms with Gasteiger partial charge in [0.15, 0.2) is 46.0 Å². The van der Waals surface area contributed by atoms with Gasteiger partial charge in [-0.25, -0.2) is 14.4 Å². The Morgan fingerprint density at radius 1 is 0.590 bits per heavy atom. The van der Waals surface area contributed by atoms with E-state index >= 15 is 0 Å². The maximum Gasteiger partial charge on any atom is 0.411 e. The van der Waals surface area contributed by atoms with Crippen molar-refractivity contribution in [2.75, 3.05) is 68.1 Å². The van der Waals surface area contributed by atoms with Crippen LogP contribution in [-0.2, 0) is 54.3 Å². The lowest BCUT2D eigenvalue weighted by atomic mass is 9.71. The first-order valence-electron chi connectivity index (χ1n) is 35.7. The highest BCUT2D eigenvalue weighted by Gasteiger charge is 2.59. The Bertz CT molecular complexity index is 4290. The SMILES string of the molecule is CC(C)(C)OC(=O)N1CCC[C@H]1C(=O)O.COc1c(C)cc2c(c1O)[C@@H]1C3Cc4c(OC(C)=O)c(C)c5c(c4[C@H](CN)N3[C@@H](C#N)[C@H](C2)N1C)OCO5.COc1c(C)cc2c(c1O)[C@@H]1C3Cc4c(OC(C)=O)c(C)c5c(c4[C@H](CNC(=O)[C@@H]4CCCN4C(=O)OC(C)(C)C)N3[C@@H](C#N)[C@H](C2)N1C)OCO5. The number of ether oxygens (including phenoxy) is 10. The third-order valence-corrected chi connectivity index (χ3v) is 22.1. The maximum absolute atomic E-state index is 14.0. The van der Waals surface area contributed by atoms with Crippen molar-refractivity contribution in [1.82, 2.24) is 34.7 Å². The molecular formula is C76H96N10O19. The number of aryl methyl sites for hydroxylation is 2. The van der Waals surface area contributed by atoms with E-state index in [2.05, 4.69) is 43.1 Å². The smallest absolute Gasteiger partial charge is 0.411 e. The minimum absolute atomic E-state index is 0.0440. The molecule has 0 spiro atoms. The predicted molar refractivity (Wildman–Crippen MR) is 377 cm³/mol. The van der Waals surface area contributed by atoms with Crippen molar-refractivity contribution in [2.45, 2.75) is 218 Å². The van der Waals surface area contributed by atoms with Crippen LogP contribution >= 0.6 is 0 Å². The molecule has 4 aromatic rings. The van der Waals surface area contributed by atoms with E-state index < -0.39 is 83.6 Å². The second-order valence-corrected chi connectivity index (χ2v) is 30.7. The van der Waals surface area contributed by atoms with Crippen LogP contribution in [0.25, 0.3) is 0 Å². The van der Waals surface area contributed by atoms with Gasteiger partial charge in [0.1, 0.15) is 46.9 Å². The number of benzene rings is 4. The number of nitrogens with two attached hydrogens (primary N) is 1. The number of hydrogen-bond acceptors (Lipinski definition) is 25. The molecule has 105 heavy (non-hydrogen) atoms. The first kappa shape index (κ1) is 75.2. The number of fused-ring (bicyclic) bond motifs is 18. The highest BCUT2D eigenvalue weighted by atomic mass is 16.7. The van der Waals surface area contributed by atoms with E-state index in [0.29, 0.717) is 126 Å². The quantitative estimate of drug-likeness (QED) is 0.0787. The number of rotatable bonds is 9. The molecule has 0 aromatic heterocycles. The number of nitrogens with one attached hydrogen (secondary N) is 1. The van der Waals surface area contributed by atoms with E-state index in [-0.39, 0.29) is 74.3 Å². The first-order chi connectivity index (χ1) is 49.7. The number of esters is 2. The molecule has 4 saturated heterocycles. The van der Waals surface area contributed by atoms with Crippen molar-refractivity contribution in [3.63, 3.8) is 0 Å². The second-order valence-electron chi connectivity index (χ2n) is 30.7. The number of methoxy groups -OCH3 is 2. The molecule has 10 aliphatic heterocycles. The Balaban J connectivity index is 0.000000170. The number of aliphatic carboxylic acids is 1. The van der Waals surface area contributed by atoms with Crippen LogP contribution in [0.15, 0.2) is 12.1 Å². The third kappa shape index (κ3) is 13.2. The van der Waals surface area contributed by atoms with Crippen LogP contribution in [0.1, 0.15) is 172 Å². The summed E-state index contributed by atoms with van der Waals surface area (Å²) in [5, 5.41) is 56.7. The largest absolute Gasteiger partial charge is 0.504 e. The maximum atomic E-state index is 14.0. The molecule has 29 nitrogen and oxygen atoms in total. The van der Waals surface area contributed by atoms with Crippen LogP contribution < -0.4 is 48.9 Å². The summed E-state index contributed by atoms with van der Waals surface area (Å²) >= 11 is 0. The summed E-state index contributed by atoms with van der Waals surface area (Å²) in [6.45, 7) is 22.0. The third-order valence-electron chi connectivity index (χ3n) is 22.1. The topological polar surface area (TPSA) is 360 Å².